The van der Waals surface area contributed by atoms with Crippen molar-refractivity contribution in [2.45, 2.75) is 117 Å². The van der Waals surface area contributed by atoms with E-state index >= 15 is 0 Å². The highest BCUT2D eigenvalue weighted by molar-refractivity contribution is 6.74. The van der Waals surface area contributed by atoms with Gasteiger partial charge in [-0.25, -0.2) is 9.97 Å². The number of hydrogen-bond acceptors (Lipinski definition) is 8. The Kier molecular flexibility index (Phi) is 10.6. The van der Waals surface area contributed by atoms with Crippen LogP contribution in [0.4, 0.5) is 5.82 Å². The molecular formula is C33H49ClN4O4Si. The molecule has 0 amide bonds. The SMILES string of the molecule is CCC[C@H](COc1ccc(Cl)c(-c2nc(N[C@@H]3CCO[C@H](C)C3)c(C)c(-c3c(C)noc3C)n2)c1)O[Si](C)(C)C(C)(C)C. The third kappa shape index (κ3) is 7.98. The van der Waals surface area contributed by atoms with Gasteiger partial charge in [0.15, 0.2) is 14.1 Å². The molecule has 43 heavy (non-hydrogen) atoms. The molecule has 1 N–H and O–H groups in total. The lowest BCUT2D eigenvalue weighted by Crippen LogP contribution is -2.45. The molecule has 3 heterocycles. The summed E-state index contributed by atoms with van der Waals surface area (Å²) in [6.45, 7) is 22.7. The number of anilines is 1. The number of aryl methyl sites for hydroxylation is 2. The first-order valence-electron chi connectivity index (χ1n) is 15.5. The van der Waals surface area contributed by atoms with Crippen LogP contribution in [0.5, 0.6) is 5.75 Å². The van der Waals surface area contributed by atoms with E-state index in [2.05, 4.69) is 58.2 Å². The monoisotopic (exact) mass is 628 g/mol. The van der Waals surface area contributed by atoms with Crippen molar-refractivity contribution >= 4 is 25.7 Å². The van der Waals surface area contributed by atoms with Gasteiger partial charge in [0.25, 0.3) is 0 Å². The summed E-state index contributed by atoms with van der Waals surface area (Å²) in [4.78, 5) is 10.1. The molecular weight excluding hydrogens is 580 g/mol. The Labute approximate surface area is 263 Å². The minimum absolute atomic E-state index is 0.0180. The Balaban J connectivity index is 1.68. The smallest absolute Gasteiger partial charge is 0.192 e. The van der Waals surface area contributed by atoms with Crippen molar-refractivity contribution in [3.8, 4) is 28.4 Å². The highest BCUT2D eigenvalue weighted by Crippen LogP contribution is 2.39. The molecule has 1 aliphatic rings. The number of rotatable bonds is 11. The van der Waals surface area contributed by atoms with E-state index in [9.17, 15) is 0 Å². The number of ether oxygens (including phenoxy) is 2. The van der Waals surface area contributed by atoms with Crippen molar-refractivity contribution in [3.63, 3.8) is 0 Å². The second kappa shape index (κ2) is 13.7. The van der Waals surface area contributed by atoms with Crippen LogP contribution in [-0.2, 0) is 9.16 Å². The van der Waals surface area contributed by atoms with Gasteiger partial charge in [-0.15, -0.1) is 0 Å². The lowest BCUT2D eigenvalue weighted by atomic mass is 10.0. The zero-order valence-electron chi connectivity index (χ0n) is 27.6. The van der Waals surface area contributed by atoms with Crippen LogP contribution in [0, 0.1) is 20.8 Å². The normalized spacial score (nSPS) is 18.5. The molecule has 1 saturated heterocycles. The largest absolute Gasteiger partial charge is 0.491 e. The minimum atomic E-state index is -1.94. The fourth-order valence-electron chi connectivity index (χ4n) is 5.21. The quantitative estimate of drug-likeness (QED) is 0.210. The molecule has 3 atom stereocenters. The van der Waals surface area contributed by atoms with Crippen molar-refractivity contribution in [2.75, 3.05) is 18.5 Å². The maximum absolute atomic E-state index is 6.80. The number of benzene rings is 1. The second-order valence-electron chi connectivity index (χ2n) is 13.4. The Morgan fingerprint density at radius 1 is 1.16 bits per heavy atom. The first-order chi connectivity index (χ1) is 20.2. The van der Waals surface area contributed by atoms with Crippen LogP contribution in [0.3, 0.4) is 0 Å². The summed E-state index contributed by atoms with van der Waals surface area (Å²) < 4.78 is 24.4. The summed E-state index contributed by atoms with van der Waals surface area (Å²) >= 11 is 6.80. The van der Waals surface area contributed by atoms with Crippen molar-refractivity contribution in [1.29, 1.82) is 0 Å². The molecule has 0 radical (unpaired) electrons. The Bertz CT molecular complexity index is 1380. The van der Waals surface area contributed by atoms with E-state index in [-0.39, 0.29) is 23.3 Å². The zero-order chi connectivity index (χ0) is 31.5. The fraction of sp³-hybridized carbons (Fsp3) is 0.606. The van der Waals surface area contributed by atoms with Crippen LogP contribution in [0.1, 0.15) is 77.3 Å². The van der Waals surface area contributed by atoms with Gasteiger partial charge in [-0.1, -0.05) is 50.9 Å². The topological polar surface area (TPSA) is 91.5 Å². The minimum Gasteiger partial charge on any atom is -0.491 e. The molecule has 2 aromatic heterocycles. The number of halogens is 1. The van der Waals surface area contributed by atoms with Gasteiger partial charge in [0.2, 0.25) is 0 Å². The molecule has 1 aliphatic heterocycles. The summed E-state index contributed by atoms with van der Waals surface area (Å²) in [5, 5.41) is 8.55. The predicted molar refractivity (Wildman–Crippen MR) is 177 cm³/mol. The molecule has 10 heteroatoms. The standard InChI is InChI=1S/C33H49ClN4O4Si/c1-11-12-26(42-43(9,10)33(6,7)8)19-40-25-13-14-28(34)27(18-25)32-36-30(29-22(4)38-41-23(29)5)21(3)31(37-32)35-24-15-16-39-20(2)17-24/h13-14,18,20,24,26H,11-12,15-17,19H2,1-10H3,(H,35,36,37)/t20-,24-,26-/m1/s1. The molecule has 236 valence electrons. The van der Waals surface area contributed by atoms with E-state index in [0.29, 0.717) is 34.5 Å². The average Bonchev–Trinajstić information content (AvgIpc) is 3.26. The maximum Gasteiger partial charge on any atom is 0.192 e. The molecule has 1 aromatic carbocycles. The zero-order valence-corrected chi connectivity index (χ0v) is 29.3. The second-order valence-corrected chi connectivity index (χ2v) is 18.5. The highest BCUT2D eigenvalue weighted by Gasteiger charge is 2.39. The van der Waals surface area contributed by atoms with Crippen molar-refractivity contribution in [2.24, 2.45) is 0 Å². The van der Waals surface area contributed by atoms with Gasteiger partial charge in [0, 0.05) is 23.8 Å². The van der Waals surface area contributed by atoms with Crippen molar-refractivity contribution in [3.05, 3.63) is 40.2 Å². The molecule has 0 unspecified atom stereocenters. The van der Waals surface area contributed by atoms with Gasteiger partial charge in [0.1, 0.15) is 23.9 Å². The summed E-state index contributed by atoms with van der Waals surface area (Å²) in [5.74, 6) is 2.70. The van der Waals surface area contributed by atoms with E-state index in [1.54, 1.807) is 0 Å². The molecule has 4 rings (SSSR count). The van der Waals surface area contributed by atoms with Crippen LogP contribution < -0.4 is 10.1 Å². The average molecular weight is 629 g/mol. The summed E-state index contributed by atoms with van der Waals surface area (Å²) in [6.07, 6.45) is 3.98. The molecule has 0 bridgehead atoms. The number of hydrogen-bond donors (Lipinski definition) is 1. The van der Waals surface area contributed by atoms with Crippen LogP contribution in [0.2, 0.25) is 23.2 Å². The van der Waals surface area contributed by atoms with Gasteiger partial charge >= 0.3 is 0 Å². The van der Waals surface area contributed by atoms with Gasteiger partial charge in [-0.3, -0.25) is 0 Å². The van der Waals surface area contributed by atoms with Gasteiger partial charge < -0.3 is 23.7 Å². The van der Waals surface area contributed by atoms with Crippen molar-refractivity contribution < 1.29 is 18.4 Å². The lowest BCUT2D eigenvalue weighted by Gasteiger charge is -2.39. The van der Waals surface area contributed by atoms with Gasteiger partial charge in [0.05, 0.1) is 34.2 Å². The van der Waals surface area contributed by atoms with Crippen LogP contribution >= 0.6 is 11.6 Å². The maximum atomic E-state index is 6.80. The molecule has 3 aromatic rings. The van der Waals surface area contributed by atoms with E-state index < -0.39 is 8.32 Å². The van der Waals surface area contributed by atoms with Gasteiger partial charge in [-0.2, -0.15) is 0 Å². The Morgan fingerprint density at radius 2 is 1.91 bits per heavy atom. The summed E-state index contributed by atoms with van der Waals surface area (Å²) in [7, 11) is -1.94. The van der Waals surface area contributed by atoms with E-state index in [0.717, 1.165) is 60.6 Å². The van der Waals surface area contributed by atoms with Crippen LogP contribution in [0.25, 0.3) is 22.6 Å². The first kappa shape index (κ1) is 33.4. The lowest BCUT2D eigenvalue weighted by molar-refractivity contribution is 0.0231. The van der Waals surface area contributed by atoms with E-state index in [1.165, 1.54) is 0 Å². The summed E-state index contributed by atoms with van der Waals surface area (Å²) in [6, 6.07) is 5.92. The third-order valence-electron chi connectivity index (χ3n) is 8.73. The van der Waals surface area contributed by atoms with E-state index in [4.69, 9.17) is 40.0 Å². The third-order valence-corrected chi connectivity index (χ3v) is 13.6. The number of aromatic nitrogens is 3. The molecule has 0 aliphatic carbocycles. The highest BCUT2D eigenvalue weighted by atomic mass is 35.5. The summed E-state index contributed by atoms with van der Waals surface area (Å²) in [5.41, 5.74) is 4.07. The predicted octanol–water partition coefficient (Wildman–Crippen LogP) is 8.93. The number of nitrogens with zero attached hydrogens (tertiary/aromatic N) is 3. The first-order valence-corrected chi connectivity index (χ1v) is 18.8. The fourth-order valence-corrected chi connectivity index (χ4v) is 6.79. The molecule has 1 fully saturated rings. The molecule has 0 saturated carbocycles. The Morgan fingerprint density at radius 3 is 2.53 bits per heavy atom. The Hall–Kier alpha value is -2.46. The van der Waals surface area contributed by atoms with E-state index in [1.807, 2.05) is 39.0 Å². The van der Waals surface area contributed by atoms with Crippen LogP contribution in [0.15, 0.2) is 22.7 Å². The van der Waals surface area contributed by atoms with Gasteiger partial charge in [-0.05, 0) is 83.3 Å². The molecule has 0 spiro atoms. The molecule has 8 nitrogen and oxygen atoms in total. The number of nitrogens with one attached hydrogen (secondary N) is 1. The van der Waals surface area contributed by atoms with Crippen LogP contribution in [-0.4, -0.2) is 54.9 Å². The van der Waals surface area contributed by atoms with Crippen molar-refractivity contribution in [1.82, 2.24) is 15.1 Å².